The summed E-state index contributed by atoms with van der Waals surface area (Å²) in [4.78, 5) is 19.3. The Labute approximate surface area is 163 Å². The van der Waals surface area contributed by atoms with Gasteiger partial charge in [-0.15, -0.1) is 0 Å². The van der Waals surface area contributed by atoms with Crippen LogP contribution in [0.2, 0.25) is 0 Å². The molecule has 1 aliphatic heterocycles. The maximum atomic E-state index is 12.2. The van der Waals surface area contributed by atoms with Gasteiger partial charge < -0.3 is 15.5 Å². The summed E-state index contributed by atoms with van der Waals surface area (Å²) in [6.07, 6.45) is 7.68. The lowest BCUT2D eigenvalue weighted by atomic mass is 9.95. The van der Waals surface area contributed by atoms with Gasteiger partial charge in [0.25, 0.3) is 0 Å². The highest BCUT2D eigenvalue weighted by Gasteiger charge is 2.26. The fraction of sp³-hybridized carbons (Fsp3) is 0.636. The maximum Gasteiger partial charge on any atom is 0.222 e. The third-order valence-corrected chi connectivity index (χ3v) is 5.66. The fourth-order valence-electron chi connectivity index (χ4n) is 4.19. The zero-order valence-electron chi connectivity index (χ0n) is 16.6. The molecule has 2 aliphatic rings. The van der Waals surface area contributed by atoms with E-state index in [1.165, 1.54) is 24.8 Å². The lowest BCUT2D eigenvalue weighted by Crippen LogP contribution is -2.40. The van der Waals surface area contributed by atoms with Crippen LogP contribution in [0.1, 0.15) is 63.4 Å². The van der Waals surface area contributed by atoms with Gasteiger partial charge in [-0.05, 0) is 31.7 Å². The average Bonchev–Trinajstić information content (AvgIpc) is 3.19. The predicted molar refractivity (Wildman–Crippen MR) is 111 cm³/mol. The van der Waals surface area contributed by atoms with Crippen LogP contribution in [0, 0.1) is 0 Å². The smallest absolute Gasteiger partial charge is 0.222 e. The van der Waals surface area contributed by atoms with E-state index in [1.54, 1.807) is 0 Å². The minimum atomic E-state index is 0.144. The summed E-state index contributed by atoms with van der Waals surface area (Å²) in [6.45, 7) is 5.49. The lowest BCUT2D eigenvalue weighted by molar-refractivity contribution is -0.121. The predicted octanol–water partition coefficient (Wildman–Crippen LogP) is 3.28. The van der Waals surface area contributed by atoms with Crippen LogP contribution in [-0.4, -0.2) is 49.0 Å². The van der Waals surface area contributed by atoms with Crippen LogP contribution < -0.4 is 10.6 Å². The van der Waals surface area contributed by atoms with Gasteiger partial charge >= 0.3 is 0 Å². The molecule has 3 rings (SSSR count). The molecule has 1 saturated carbocycles. The summed E-state index contributed by atoms with van der Waals surface area (Å²) in [5.41, 5.74) is 1.41. The minimum absolute atomic E-state index is 0.144. The molecule has 0 bridgehead atoms. The Morgan fingerprint density at radius 2 is 1.93 bits per heavy atom. The molecule has 1 saturated heterocycles. The van der Waals surface area contributed by atoms with E-state index in [0.29, 0.717) is 24.9 Å². The average molecular weight is 371 g/mol. The van der Waals surface area contributed by atoms with Crippen molar-refractivity contribution >= 4 is 11.9 Å². The van der Waals surface area contributed by atoms with E-state index in [-0.39, 0.29) is 5.91 Å². The first-order valence-electron chi connectivity index (χ1n) is 10.6. The number of rotatable bonds is 6. The molecule has 148 valence electrons. The quantitative estimate of drug-likeness (QED) is 0.597. The zero-order valence-corrected chi connectivity index (χ0v) is 16.6. The highest BCUT2D eigenvalue weighted by Crippen LogP contribution is 2.26. The SMILES string of the molecule is CCNC(=NCCC(=O)NC1CCCCC1)N1CCC(c2ccccc2)C1. The summed E-state index contributed by atoms with van der Waals surface area (Å²) < 4.78 is 0. The Balaban J connectivity index is 1.48. The molecule has 0 spiro atoms. The van der Waals surface area contributed by atoms with Crippen LogP contribution in [0.15, 0.2) is 35.3 Å². The number of hydrogen-bond acceptors (Lipinski definition) is 2. The van der Waals surface area contributed by atoms with Crippen molar-refractivity contribution in [1.82, 2.24) is 15.5 Å². The van der Waals surface area contributed by atoms with Crippen molar-refractivity contribution in [2.45, 2.75) is 63.8 Å². The molecule has 1 amide bonds. The summed E-state index contributed by atoms with van der Waals surface area (Å²) >= 11 is 0. The van der Waals surface area contributed by atoms with E-state index >= 15 is 0 Å². The van der Waals surface area contributed by atoms with E-state index in [4.69, 9.17) is 4.99 Å². The van der Waals surface area contributed by atoms with E-state index in [9.17, 15) is 4.79 Å². The number of likely N-dealkylation sites (tertiary alicyclic amines) is 1. The standard InChI is InChI=1S/C22H34N4O/c1-2-23-22(24-15-13-21(27)25-20-11-7-4-8-12-20)26-16-14-19(17-26)18-9-5-3-6-10-18/h3,5-6,9-10,19-20H,2,4,7-8,11-17H2,1H3,(H,23,24)(H,25,27). The Morgan fingerprint density at radius 3 is 2.67 bits per heavy atom. The molecule has 1 aliphatic carbocycles. The highest BCUT2D eigenvalue weighted by atomic mass is 16.1. The first-order chi connectivity index (χ1) is 13.3. The van der Waals surface area contributed by atoms with Crippen LogP contribution in [0.4, 0.5) is 0 Å². The number of carbonyl (C=O) groups is 1. The number of guanidine groups is 1. The molecule has 1 aromatic rings. The van der Waals surface area contributed by atoms with Gasteiger partial charge in [0.1, 0.15) is 0 Å². The normalized spacial score (nSPS) is 21.3. The Hall–Kier alpha value is -2.04. The summed E-state index contributed by atoms with van der Waals surface area (Å²) in [6, 6.07) is 11.1. The van der Waals surface area contributed by atoms with Crippen molar-refractivity contribution in [2.24, 2.45) is 4.99 Å². The Kier molecular flexibility index (Phi) is 7.55. The first kappa shape index (κ1) is 19.7. The van der Waals surface area contributed by atoms with E-state index < -0.39 is 0 Å². The van der Waals surface area contributed by atoms with Gasteiger partial charge in [0.05, 0.1) is 6.54 Å². The Morgan fingerprint density at radius 1 is 1.15 bits per heavy atom. The van der Waals surface area contributed by atoms with Gasteiger partial charge in [0, 0.05) is 38.0 Å². The van der Waals surface area contributed by atoms with Crippen LogP contribution in [0.3, 0.4) is 0 Å². The van der Waals surface area contributed by atoms with Crippen molar-refractivity contribution < 1.29 is 4.79 Å². The third-order valence-electron chi connectivity index (χ3n) is 5.66. The lowest BCUT2D eigenvalue weighted by Gasteiger charge is -2.23. The number of benzene rings is 1. The molecule has 0 radical (unpaired) electrons. The third kappa shape index (κ3) is 5.98. The van der Waals surface area contributed by atoms with Gasteiger partial charge in [-0.25, -0.2) is 0 Å². The molecule has 27 heavy (non-hydrogen) atoms. The number of nitrogens with one attached hydrogen (secondary N) is 2. The van der Waals surface area contributed by atoms with Crippen molar-refractivity contribution in [3.63, 3.8) is 0 Å². The van der Waals surface area contributed by atoms with Crippen molar-refractivity contribution in [3.05, 3.63) is 35.9 Å². The van der Waals surface area contributed by atoms with Crippen LogP contribution in [-0.2, 0) is 4.79 Å². The maximum absolute atomic E-state index is 12.2. The largest absolute Gasteiger partial charge is 0.357 e. The van der Waals surface area contributed by atoms with E-state index in [0.717, 1.165) is 44.9 Å². The molecule has 2 N–H and O–H groups in total. The topological polar surface area (TPSA) is 56.7 Å². The van der Waals surface area contributed by atoms with Crippen molar-refractivity contribution in [1.29, 1.82) is 0 Å². The number of aliphatic imine (C=N–C) groups is 1. The van der Waals surface area contributed by atoms with E-state index in [1.807, 2.05) is 0 Å². The molecule has 1 heterocycles. The minimum Gasteiger partial charge on any atom is -0.357 e. The summed E-state index contributed by atoms with van der Waals surface area (Å²) in [5.74, 6) is 1.65. The molecule has 5 heteroatoms. The fourth-order valence-corrected chi connectivity index (χ4v) is 4.19. The molecule has 1 atom stereocenters. The molecule has 0 aromatic heterocycles. The molecule has 1 aromatic carbocycles. The number of hydrogen-bond donors (Lipinski definition) is 2. The van der Waals surface area contributed by atoms with Gasteiger partial charge in [0.2, 0.25) is 5.91 Å². The van der Waals surface area contributed by atoms with Gasteiger partial charge in [-0.3, -0.25) is 9.79 Å². The molecule has 1 unspecified atom stereocenters. The van der Waals surface area contributed by atoms with Gasteiger partial charge in [-0.1, -0.05) is 49.6 Å². The number of amides is 1. The second-order valence-electron chi connectivity index (χ2n) is 7.73. The second-order valence-corrected chi connectivity index (χ2v) is 7.73. The summed E-state index contributed by atoms with van der Waals surface area (Å²) in [5, 5.41) is 6.58. The number of carbonyl (C=O) groups excluding carboxylic acids is 1. The van der Waals surface area contributed by atoms with Crippen molar-refractivity contribution in [3.8, 4) is 0 Å². The van der Waals surface area contributed by atoms with Gasteiger partial charge in [-0.2, -0.15) is 0 Å². The first-order valence-corrected chi connectivity index (χ1v) is 10.6. The highest BCUT2D eigenvalue weighted by molar-refractivity contribution is 5.81. The van der Waals surface area contributed by atoms with Crippen LogP contribution >= 0.6 is 0 Å². The van der Waals surface area contributed by atoms with E-state index in [2.05, 4.69) is 52.8 Å². The molecule has 2 fully saturated rings. The van der Waals surface area contributed by atoms with Crippen LogP contribution in [0.25, 0.3) is 0 Å². The van der Waals surface area contributed by atoms with Crippen molar-refractivity contribution in [2.75, 3.05) is 26.2 Å². The molecular formula is C22H34N4O. The monoisotopic (exact) mass is 370 g/mol. The zero-order chi connectivity index (χ0) is 18.9. The molecular weight excluding hydrogens is 336 g/mol. The number of nitrogens with zero attached hydrogens (tertiary/aromatic N) is 2. The second kappa shape index (κ2) is 10.3. The van der Waals surface area contributed by atoms with Gasteiger partial charge in [0.15, 0.2) is 5.96 Å². The Bertz CT molecular complexity index is 610. The molecule has 5 nitrogen and oxygen atoms in total. The van der Waals surface area contributed by atoms with Crippen LogP contribution in [0.5, 0.6) is 0 Å². The summed E-state index contributed by atoms with van der Waals surface area (Å²) in [7, 11) is 0.